The van der Waals surface area contributed by atoms with Crippen molar-refractivity contribution in [3.63, 3.8) is 0 Å². The molecule has 0 spiro atoms. The Labute approximate surface area is 147 Å². The van der Waals surface area contributed by atoms with Gasteiger partial charge in [0.15, 0.2) is 0 Å². The lowest BCUT2D eigenvalue weighted by atomic mass is 10.2. The molecule has 6 heteroatoms. The zero-order valence-electron chi connectivity index (χ0n) is 16.4. The van der Waals surface area contributed by atoms with E-state index in [9.17, 15) is 4.79 Å². The van der Waals surface area contributed by atoms with Crippen molar-refractivity contribution >= 4 is 17.5 Å². The fraction of sp³-hybridized carbons (Fsp3) is 0.667. The Morgan fingerprint density at radius 3 is 2.46 bits per heavy atom. The Hall–Kier alpha value is -1.66. The number of carbonyl (C=O) groups is 1. The molecule has 0 aromatic carbocycles. The molecule has 1 aliphatic heterocycles. The number of amides is 1. The SMILES string of the molecule is CC.CC.CNc1cccc(NC(=O)CN(C)C2CCN(C)C2)n1. The number of anilines is 2. The minimum atomic E-state index is -0.0252. The summed E-state index contributed by atoms with van der Waals surface area (Å²) in [4.78, 5) is 20.7. The Balaban J connectivity index is 0.00000123. The molecule has 0 saturated carbocycles. The predicted molar refractivity (Wildman–Crippen MR) is 104 cm³/mol. The highest BCUT2D eigenvalue weighted by atomic mass is 16.2. The summed E-state index contributed by atoms with van der Waals surface area (Å²) in [5.74, 6) is 1.30. The van der Waals surface area contributed by atoms with Gasteiger partial charge in [-0.2, -0.15) is 0 Å². The van der Waals surface area contributed by atoms with Crippen molar-refractivity contribution in [3.8, 4) is 0 Å². The van der Waals surface area contributed by atoms with Crippen LogP contribution in [-0.2, 0) is 4.79 Å². The Bertz CT molecular complexity index is 466. The zero-order valence-corrected chi connectivity index (χ0v) is 16.4. The molecule has 1 saturated heterocycles. The predicted octanol–water partition coefficient (Wildman–Crippen LogP) is 2.75. The molecule has 0 aliphatic carbocycles. The molecule has 1 fully saturated rings. The summed E-state index contributed by atoms with van der Waals surface area (Å²) in [6.45, 7) is 10.5. The van der Waals surface area contributed by atoms with Crippen LogP contribution in [-0.4, -0.2) is 67.5 Å². The molecule has 138 valence electrons. The standard InChI is InChI=1S/C14H23N5O.2C2H6/c1-15-12-5-4-6-13(16-12)17-14(20)10-19(3)11-7-8-18(2)9-11;2*1-2/h4-6,11H,7-10H2,1-3H3,(H2,15,16,17,20);2*1-2H3. The molecule has 1 aliphatic rings. The second-order valence-electron chi connectivity index (χ2n) is 5.33. The summed E-state index contributed by atoms with van der Waals surface area (Å²) in [5.41, 5.74) is 0. The number of carbonyl (C=O) groups excluding carboxylic acids is 1. The first-order chi connectivity index (χ1) is 11.6. The number of hydrogen-bond acceptors (Lipinski definition) is 5. The van der Waals surface area contributed by atoms with Crippen LogP contribution >= 0.6 is 0 Å². The first-order valence-electron chi connectivity index (χ1n) is 8.92. The first kappa shape index (κ1) is 22.3. The molecule has 2 rings (SSSR count). The molecule has 1 unspecified atom stereocenters. The first-order valence-corrected chi connectivity index (χ1v) is 8.92. The highest BCUT2D eigenvalue weighted by Gasteiger charge is 2.24. The van der Waals surface area contributed by atoms with Crippen molar-refractivity contribution in [2.45, 2.75) is 40.2 Å². The van der Waals surface area contributed by atoms with Crippen LogP contribution in [0.3, 0.4) is 0 Å². The van der Waals surface area contributed by atoms with E-state index in [0.717, 1.165) is 25.3 Å². The van der Waals surface area contributed by atoms with Gasteiger partial charge in [-0.1, -0.05) is 33.8 Å². The summed E-state index contributed by atoms with van der Waals surface area (Å²) in [6.07, 6.45) is 1.12. The minimum Gasteiger partial charge on any atom is -0.373 e. The van der Waals surface area contributed by atoms with E-state index in [0.29, 0.717) is 18.4 Å². The third kappa shape index (κ3) is 7.75. The molecule has 1 atom stereocenters. The number of aromatic nitrogens is 1. The Morgan fingerprint density at radius 1 is 1.29 bits per heavy atom. The van der Waals surface area contributed by atoms with Crippen LogP contribution in [0.15, 0.2) is 18.2 Å². The third-order valence-corrected chi connectivity index (χ3v) is 3.66. The lowest BCUT2D eigenvalue weighted by Gasteiger charge is -2.23. The van der Waals surface area contributed by atoms with Crippen LogP contribution in [0, 0.1) is 0 Å². The molecule has 2 heterocycles. The van der Waals surface area contributed by atoms with Gasteiger partial charge in [0, 0.05) is 19.6 Å². The van der Waals surface area contributed by atoms with E-state index in [1.807, 2.05) is 46.9 Å². The van der Waals surface area contributed by atoms with Crippen LogP contribution in [0.2, 0.25) is 0 Å². The molecule has 6 nitrogen and oxygen atoms in total. The lowest BCUT2D eigenvalue weighted by Crippen LogP contribution is -2.39. The van der Waals surface area contributed by atoms with E-state index in [-0.39, 0.29) is 5.91 Å². The number of rotatable bonds is 5. The smallest absolute Gasteiger partial charge is 0.239 e. The van der Waals surface area contributed by atoms with E-state index in [1.54, 1.807) is 13.1 Å². The van der Waals surface area contributed by atoms with Gasteiger partial charge >= 0.3 is 0 Å². The molecule has 1 amide bonds. The minimum absolute atomic E-state index is 0.0252. The van der Waals surface area contributed by atoms with Crippen molar-refractivity contribution in [3.05, 3.63) is 18.2 Å². The molecule has 0 radical (unpaired) electrons. The summed E-state index contributed by atoms with van der Waals surface area (Å²) in [7, 11) is 5.92. The van der Waals surface area contributed by atoms with Crippen molar-refractivity contribution in [1.29, 1.82) is 0 Å². The number of likely N-dealkylation sites (tertiary alicyclic amines) is 1. The molecule has 2 N–H and O–H groups in total. The Kier molecular flexibility index (Phi) is 11.8. The van der Waals surface area contributed by atoms with Gasteiger partial charge in [0.25, 0.3) is 0 Å². The topological polar surface area (TPSA) is 60.5 Å². The summed E-state index contributed by atoms with van der Waals surface area (Å²) in [6, 6.07) is 5.98. The van der Waals surface area contributed by atoms with Gasteiger partial charge in [0.2, 0.25) is 5.91 Å². The van der Waals surface area contributed by atoms with Gasteiger partial charge in [0.1, 0.15) is 11.6 Å². The monoisotopic (exact) mass is 337 g/mol. The number of hydrogen-bond donors (Lipinski definition) is 2. The van der Waals surface area contributed by atoms with Crippen molar-refractivity contribution in [2.75, 3.05) is 51.4 Å². The third-order valence-electron chi connectivity index (χ3n) is 3.66. The highest BCUT2D eigenvalue weighted by Crippen LogP contribution is 2.13. The second kappa shape index (κ2) is 12.7. The fourth-order valence-corrected chi connectivity index (χ4v) is 2.45. The van der Waals surface area contributed by atoms with Crippen molar-refractivity contribution in [2.24, 2.45) is 0 Å². The molecule has 1 aromatic heterocycles. The van der Waals surface area contributed by atoms with E-state index >= 15 is 0 Å². The quantitative estimate of drug-likeness (QED) is 0.865. The van der Waals surface area contributed by atoms with Gasteiger partial charge in [-0.05, 0) is 39.2 Å². The highest BCUT2D eigenvalue weighted by molar-refractivity contribution is 5.91. The lowest BCUT2D eigenvalue weighted by molar-refractivity contribution is -0.117. The molecule has 1 aromatic rings. The van der Waals surface area contributed by atoms with Crippen molar-refractivity contribution in [1.82, 2.24) is 14.8 Å². The fourth-order valence-electron chi connectivity index (χ4n) is 2.45. The average Bonchev–Trinajstić information content (AvgIpc) is 3.05. The molecule has 24 heavy (non-hydrogen) atoms. The van der Waals surface area contributed by atoms with Gasteiger partial charge in [-0.3, -0.25) is 9.69 Å². The van der Waals surface area contributed by atoms with Crippen molar-refractivity contribution < 1.29 is 4.79 Å². The van der Waals surface area contributed by atoms with E-state index in [2.05, 4.69) is 32.5 Å². The van der Waals surface area contributed by atoms with Crippen LogP contribution in [0.1, 0.15) is 34.1 Å². The van der Waals surface area contributed by atoms with Crippen LogP contribution in [0.4, 0.5) is 11.6 Å². The largest absolute Gasteiger partial charge is 0.373 e. The van der Waals surface area contributed by atoms with Gasteiger partial charge in [0.05, 0.1) is 6.54 Å². The number of nitrogens with one attached hydrogen (secondary N) is 2. The zero-order chi connectivity index (χ0) is 18.5. The second-order valence-corrected chi connectivity index (χ2v) is 5.33. The molecular weight excluding hydrogens is 302 g/mol. The number of nitrogens with zero attached hydrogens (tertiary/aromatic N) is 3. The maximum atomic E-state index is 12.0. The number of likely N-dealkylation sites (N-methyl/N-ethyl adjacent to an activating group) is 2. The van der Waals surface area contributed by atoms with Gasteiger partial charge in [-0.15, -0.1) is 0 Å². The van der Waals surface area contributed by atoms with E-state index < -0.39 is 0 Å². The summed E-state index contributed by atoms with van der Waals surface area (Å²) >= 11 is 0. The molecular formula is C18H35N5O. The van der Waals surface area contributed by atoms with Gasteiger partial charge < -0.3 is 15.5 Å². The van der Waals surface area contributed by atoms with E-state index in [4.69, 9.17) is 0 Å². The normalized spacial score (nSPS) is 16.6. The summed E-state index contributed by atoms with van der Waals surface area (Å²) in [5, 5.41) is 5.79. The number of pyridine rings is 1. The maximum Gasteiger partial charge on any atom is 0.239 e. The maximum absolute atomic E-state index is 12.0. The van der Waals surface area contributed by atoms with Gasteiger partial charge in [-0.25, -0.2) is 4.98 Å². The van der Waals surface area contributed by atoms with E-state index in [1.165, 1.54) is 0 Å². The Morgan fingerprint density at radius 2 is 1.92 bits per heavy atom. The summed E-state index contributed by atoms with van der Waals surface area (Å²) < 4.78 is 0. The van der Waals surface area contributed by atoms with Crippen LogP contribution in [0.5, 0.6) is 0 Å². The van der Waals surface area contributed by atoms with Crippen LogP contribution < -0.4 is 10.6 Å². The van der Waals surface area contributed by atoms with Crippen LogP contribution in [0.25, 0.3) is 0 Å². The molecule has 0 bridgehead atoms. The average molecular weight is 338 g/mol.